The van der Waals surface area contributed by atoms with Crippen molar-refractivity contribution in [1.29, 1.82) is 0 Å². The smallest absolute Gasteiger partial charge is 0.146 e. The lowest BCUT2D eigenvalue weighted by atomic mass is 10.1. The second-order valence-corrected chi connectivity index (χ2v) is 4.31. The monoisotopic (exact) mass is 237 g/mol. The van der Waals surface area contributed by atoms with E-state index in [1.54, 1.807) is 17.8 Å². The van der Waals surface area contributed by atoms with Crippen molar-refractivity contribution in [3.05, 3.63) is 45.9 Å². The third-order valence-corrected chi connectivity index (χ3v) is 3.44. The topological polar surface area (TPSA) is 37.8 Å². The molecule has 1 atom stereocenters. The standard InChI is InChI=1S/C11H12FN3S/c1-7-11(16-6-15-7)10(13-2)8-3-4-14-5-9(8)12/h3-6,10,13H,1-2H3. The molecule has 0 saturated carbocycles. The molecular formula is C11H12FN3S. The van der Waals surface area contributed by atoms with E-state index in [1.165, 1.54) is 17.5 Å². The van der Waals surface area contributed by atoms with Gasteiger partial charge in [0.1, 0.15) is 5.82 Å². The van der Waals surface area contributed by atoms with Crippen molar-refractivity contribution in [2.45, 2.75) is 13.0 Å². The van der Waals surface area contributed by atoms with Gasteiger partial charge in [0, 0.05) is 16.6 Å². The van der Waals surface area contributed by atoms with Gasteiger partial charge in [0.05, 0.1) is 23.4 Å². The maximum Gasteiger partial charge on any atom is 0.146 e. The first kappa shape index (κ1) is 11.2. The van der Waals surface area contributed by atoms with Gasteiger partial charge in [-0.2, -0.15) is 0 Å². The van der Waals surface area contributed by atoms with Gasteiger partial charge in [-0.15, -0.1) is 11.3 Å². The maximum absolute atomic E-state index is 13.6. The van der Waals surface area contributed by atoms with Crippen molar-refractivity contribution in [1.82, 2.24) is 15.3 Å². The molecule has 0 aliphatic rings. The summed E-state index contributed by atoms with van der Waals surface area (Å²) in [6.07, 6.45) is 2.83. The molecule has 0 aliphatic heterocycles. The van der Waals surface area contributed by atoms with Crippen LogP contribution in [0.25, 0.3) is 0 Å². The van der Waals surface area contributed by atoms with Crippen LogP contribution < -0.4 is 5.32 Å². The zero-order valence-corrected chi connectivity index (χ0v) is 9.88. The summed E-state index contributed by atoms with van der Waals surface area (Å²) in [6.45, 7) is 1.93. The van der Waals surface area contributed by atoms with Crippen LogP contribution in [0.4, 0.5) is 4.39 Å². The Bertz CT molecular complexity index is 484. The molecule has 16 heavy (non-hydrogen) atoms. The number of pyridine rings is 1. The number of nitrogens with one attached hydrogen (secondary N) is 1. The highest BCUT2D eigenvalue weighted by molar-refractivity contribution is 7.09. The van der Waals surface area contributed by atoms with Crippen LogP contribution in [0.1, 0.15) is 22.2 Å². The van der Waals surface area contributed by atoms with Crippen molar-refractivity contribution in [2.24, 2.45) is 0 Å². The van der Waals surface area contributed by atoms with Crippen molar-refractivity contribution in [3.63, 3.8) is 0 Å². The molecule has 84 valence electrons. The highest BCUT2D eigenvalue weighted by Gasteiger charge is 2.19. The molecule has 3 nitrogen and oxygen atoms in total. The molecular weight excluding hydrogens is 225 g/mol. The van der Waals surface area contributed by atoms with E-state index in [0.717, 1.165) is 10.6 Å². The summed E-state index contributed by atoms with van der Waals surface area (Å²) in [7, 11) is 1.81. The fraction of sp³-hybridized carbons (Fsp3) is 0.273. The third kappa shape index (κ3) is 1.96. The third-order valence-electron chi connectivity index (χ3n) is 2.45. The molecule has 0 fully saturated rings. The minimum Gasteiger partial charge on any atom is -0.309 e. The van der Waals surface area contributed by atoms with Crippen molar-refractivity contribution in [3.8, 4) is 0 Å². The number of hydrogen-bond acceptors (Lipinski definition) is 4. The summed E-state index contributed by atoms with van der Waals surface area (Å²) in [6, 6.07) is 1.53. The second kappa shape index (κ2) is 4.67. The average molecular weight is 237 g/mol. The van der Waals surface area contributed by atoms with E-state index in [0.29, 0.717) is 5.56 Å². The van der Waals surface area contributed by atoms with Crippen LogP contribution in [0.2, 0.25) is 0 Å². The SMILES string of the molecule is CNC(c1ccncc1F)c1scnc1C. The highest BCUT2D eigenvalue weighted by atomic mass is 32.1. The lowest BCUT2D eigenvalue weighted by Crippen LogP contribution is -2.18. The minimum absolute atomic E-state index is 0.157. The Morgan fingerprint density at radius 3 is 2.88 bits per heavy atom. The molecule has 2 aromatic heterocycles. The van der Waals surface area contributed by atoms with Gasteiger partial charge in [0.15, 0.2) is 0 Å². The van der Waals surface area contributed by atoms with Gasteiger partial charge < -0.3 is 5.32 Å². The number of rotatable bonds is 3. The van der Waals surface area contributed by atoms with Gasteiger partial charge in [-0.05, 0) is 20.0 Å². The molecule has 1 N–H and O–H groups in total. The lowest BCUT2D eigenvalue weighted by Gasteiger charge is -2.15. The van der Waals surface area contributed by atoms with Gasteiger partial charge in [-0.1, -0.05) is 0 Å². The molecule has 0 aromatic carbocycles. The van der Waals surface area contributed by atoms with Crippen LogP contribution in [0.5, 0.6) is 0 Å². The van der Waals surface area contributed by atoms with E-state index < -0.39 is 0 Å². The van der Waals surface area contributed by atoms with E-state index in [2.05, 4.69) is 15.3 Å². The van der Waals surface area contributed by atoms with E-state index in [1.807, 2.05) is 14.0 Å². The quantitative estimate of drug-likeness (QED) is 0.890. The second-order valence-electron chi connectivity index (χ2n) is 3.42. The van der Waals surface area contributed by atoms with Crippen LogP contribution in [-0.4, -0.2) is 17.0 Å². The number of aromatic nitrogens is 2. The Kier molecular flexibility index (Phi) is 3.26. The predicted octanol–water partition coefficient (Wildman–Crippen LogP) is 2.29. The highest BCUT2D eigenvalue weighted by Crippen LogP contribution is 2.28. The van der Waals surface area contributed by atoms with E-state index in [4.69, 9.17) is 0 Å². The van der Waals surface area contributed by atoms with Crippen LogP contribution in [0.15, 0.2) is 24.0 Å². The molecule has 0 bridgehead atoms. The fourth-order valence-electron chi connectivity index (χ4n) is 1.64. The largest absolute Gasteiger partial charge is 0.309 e. The molecule has 1 unspecified atom stereocenters. The van der Waals surface area contributed by atoms with Crippen LogP contribution in [0.3, 0.4) is 0 Å². The zero-order chi connectivity index (χ0) is 11.5. The normalized spacial score (nSPS) is 12.7. The number of nitrogens with zero attached hydrogens (tertiary/aromatic N) is 2. The van der Waals surface area contributed by atoms with Crippen LogP contribution in [0, 0.1) is 12.7 Å². The fourth-order valence-corrected chi connectivity index (χ4v) is 2.56. The van der Waals surface area contributed by atoms with Gasteiger partial charge in [0.2, 0.25) is 0 Å². The summed E-state index contributed by atoms with van der Waals surface area (Å²) in [5.41, 5.74) is 3.30. The molecule has 0 radical (unpaired) electrons. The number of halogens is 1. The van der Waals surface area contributed by atoms with Crippen molar-refractivity contribution >= 4 is 11.3 Å². The van der Waals surface area contributed by atoms with Gasteiger partial charge in [0.25, 0.3) is 0 Å². The summed E-state index contributed by atoms with van der Waals surface area (Å²) in [5, 5.41) is 3.11. The van der Waals surface area contributed by atoms with Crippen LogP contribution >= 0.6 is 11.3 Å². The average Bonchev–Trinajstić information content (AvgIpc) is 2.69. The summed E-state index contributed by atoms with van der Waals surface area (Å²) in [4.78, 5) is 8.97. The van der Waals surface area contributed by atoms with Gasteiger partial charge in [-0.25, -0.2) is 9.37 Å². The molecule has 0 aliphatic carbocycles. The minimum atomic E-state index is -0.297. The summed E-state index contributed by atoms with van der Waals surface area (Å²) >= 11 is 1.53. The Morgan fingerprint density at radius 1 is 1.50 bits per heavy atom. The Hall–Kier alpha value is -1.33. The molecule has 2 heterocycles. The Balaban J connectivity index is 2.45. The number of aryl methyl sites for hydroxylation is 1. The molecule has 0 spiro atoms. The maximum atomic E-state index is 13.6. The molecule has 2 aromatic rings. The Morgan fingerprint density at radius 2 is 2.31 bits per heavy atom. The first-order chi connectivity index (χ1) is 7.74. The summed E-state index contributed by atoms with van der Waals surface area (Å²) in [5.74, 6) is -0.297. The first-order valence-corrected chi connectivity index (χ1v) is 5.78. The van der Waals surface area contributed by atoms with E-state index in [-0.39, 0.29) is 11.9 Å². The first-order valence-electron chi connectivity index (χ1n) is 4.90. The van der Waals surface area contributed by atoms with Gasteiger partial charge >= 0.3 is 0 Å². The van der Waals surface area contributed by atoms with Gasteiger partial charge in [-0.3, -0.25) is 4.98 Å². The zero-order valence-electron chi connectivity index (χ0n) is 9.07. The predicted molar refractivity (Wildman–Crippen MR) is 61.9 cm³/mol. The van der Waals surface area contributed by atoms with Crippen molar-refractivity contribution in [2.75, 3.05) is 7.05 Å². The van der Waals surface area contributed by atoms with Crippen LogP contribution in [-0.2, 0) is 0 Å². The van der Waals surface area contributed by atoms with E-state index in [9.17, 15) is 4.39 Å². The molecule has 5 heteroatoms. The summed E-state index contributed by atoms with van der Waals surface area (Å²) < 4.78 is 13.6. The van der Waals surface area contributed by atoms with E-state index >= 15 is 0 Å². The molecule has 0 saturated heterocycles. The van der Waals surface area contributed by atoms with Crippen molar-refractivity contribution < 1.29 is 4.39 Å². The molecule has 2 rings (SSSR count). The molecule has 0 amide bonds. The lowest BCUT2D eigenvalue weighted by molar-refractivity contribution is 0.572. The number of thiazole rings is 1. The Labute approximate surface area is 97.4 Å². The number of hydrogen-bond donors (Lipinski definition) is 1.